The number of halogens is 1. The lowest BCUT2D eigenvalue weighted by atomic mass is 10.2. The quantitative estimate of drug-likeness (QED) is 0.743. The van der Waals surface area contributed by atoms with Crippen molar-refractivity contribution in [1.82, 2.24) is 19.6 Å². The van der Waals surface area contributed by atoms with Crippen LogP contribution in [0.15, 0.2) is 39.9 Å². The molecular weight excluding hydrogens is 344 g/mol. The summed E-state index contributed by atoms with van der Waals surface area (Å²) in [6, 6.07) is 6.01. The largest absolute Gasteiger partial charge is 0.478 e. The average Bonchev–Trinajstić information content (AvgIpc) is 2.82. The third-order valence-corrected chi connectivity index (χ3v) is 3.16. The molecule has 0 atom stereocenters. The molecule has 0 aliphatic heterocycles. The zero-order chi connectivity index (χ0) is 15.0. The van der Waals surface area contributed by atoms with Gasteiger partial charge < -0.3 is 9.84 Å². The normalized spacial score (nSPS) is 10.7. The fourth-order valence-electron chi connectivity index (χ4n) is 1.72. The van der Waals surface area contributed by atoms with Gasteiger partial charge in [-0.25, -0.2) is 24.1 Å². The average molecular weight is 351 g/mol. The second kappa shape index (κ2) is 5.02. The van der Waals surface area contributed by atoms with Crippen molar-refractivity contribution in [2.75, 3.05) is 0 Å². The predicted octanol–water partition coefficient (Wildman–Crippen LogP) is 1.67. The van der Waals surface area contributed by atoms with E-state index in [4.69, 9.17) is 9.84 Å². The van der Waals surface area contributed by atoms with Gasteiger partial charge in [-0.1, -0.05) is 15.9 Å². The Morgan fingerprint density at radius 1 is 1.38 bits per heavy atom. The van der Waals surface area contributed by atoms with E-state index in [0.717, 1.165) is 0 Å². The number of ether oxygens (including phenoxy) is 1. The number of carboxylic acid groups (broad SMARTS) is 1. The summed E-state index contributed by atoms with van der Waals surface area (Å²) in [5, 5.41) is 15.2. The van der Waals surface area contributed by atoms with Gasteiger partial charge in [-0.15, -0.1) is 0 Å². The number of rotatable bonds is 3. The van der Waals surface area contributed by atoms with Crippen LogP contribution < -0.4 is 10.4 Å². The van der Waals surface area contributed by atoms with Crippen molar-refractivity contribution in [3.63, 3.8) is 0 Å². The van der Waals surface area contributed by atoms with E-state index >= 15 is 0 Å². The molecule has 0 spiro atoms. The number of aromatic carboxylic acids is 1. The number of fused-ring (bicyclic) bond motifs is 1. The summed E-state index contributed by atoms with van der Waals surface area (Å²) in [5.41, 5.74) is -0.108. The summed E-state index contributed by atoms with van der Waals surface area (Å²) in [7, 11) is 0. The van der Waals surface area contributed by atoms with Gasteiger partial charge in [-0.05, 0) is 18.2 Å². The monoisotopic (exact) mass is 350 g/mol. The van der Waals surface area contributed by atoms with Gasteiger partial charge in [-0.2, -0.15) is 5.10 Å². The van der Waals surface area contributed by atoms with Crippen molar-refractivity contribution < 1.29 is 14.6 Å². The summed E-state index contributed by atoms with van der Waals surface area (Å²) in [6.45, 7) is 0. The molecule has 0 radical (unpaired) electrons. The molecule has 0 saturated heterocycles. The molecule has 106 valence electrons. The minimum absolute atomic E-state index is 0.00883. The molecule has 9 heteroatoms. The summed E-state index contributed by atoms with van der Waals surface area (Å²) < 4.78 is 7.28. The minimum Gasteiger partial charge on any atom is -0.478 e. The van der Waals surface area contributed by atoms with E-state index in [-0.39, 0.29) is 17.2 Å². The zero-order valence-corrected chi connectivity index (χ0v) is 11.9. The van der Waals surface area contributed by atoms with Gasteiger partial charge in [-0.3, -0.25) is 0 Å². The SMILES string of the molecule is O=C(O)c1cc(Br)ccc1Oc1cc2n[nH]c(=O)n2cn1. The molecule has 21 heavy (non-hydrogen) atoms. The van der Waals surface area contributed by atoms with Crippen LogP contribution in [0.4, 0.5) is 0 Å². The summed E-state index contributed by atoms with van der Waals surface area (Å²) >= 11 is 3.20. The van der Waals surface area contributed by atoms with Crippen LogP contribution in [0.5, 0.6) is 11.6 Å². The molecular formula is C12H7BrN4O4. The first-order chi connectivity index (χ1) is 10.0. The molecule has 1 aromatic carbocycles. The van der Waals surface area contributed by atoms with Crippen molar-refractivity contribution >= 4 is 27.5 Å². The Morgan fingerprint density at radius 3 is 2.95 bits per heavy atom. The van der Waals surface area contributed by atoms with Crippen LogP contribution in [0.3, 0.4) is 0 Å². The van der Waals surface area contributed by atoms with Crippen LogP contribution in [-0.4, -0.2) is 30.7 Å². The van der Waals surface area contributed by atoms with Crippen molar-refractivity contribution in [3.8, 4) is 11.6 Å². The standard InChI is InChI=1S/C12H7BrN4O4/c13-6-1-2-8(7(3-6)11(18)19)21-10-4-9-15-16-12(20)17(9)5-14-10/h1-5H,(H,16,20)(H,18,19). The first-order valence-electron chi connectivity index (χ1n) is 5.68. The molecule has 2 heterocycles. The molecule has 2 aromatic heterocycles. The lowest BCUT2D eigenvalue weighted by Gasteiger charge is -2.08. The van der Waals surface area contributed by atoms with E-state index in [0.29, 0.717) is 10.1 Å². The van der Waals surface area contributed by atoms with Gasteiger partial charge >= 0.3 is 11.7 Å². The highest BCUT2D eigenvalue weighted by molar-refractivity contribution is 9.10. The second-order valence-electron chi connectivity index (χ2n) is 4.03. The predicted molar refractivity (Wildman–Crippen MR) is 74.8 cm³/mol. The Balaban J connectivity index is 2.02. The lowest BCUT2D eigenvalue weighted by molar-refractivity contribution is 0.0694. The minimum atomic E-state index is -1.12. The van der Waals surface area contributed by atoms with E-state index in [1.165, 1.54) is 28.9 Å². The van der Waals surface area contributed by atoms with Crippen LogP contribution >= 0.6 is 15.9 Å². The molecule has 2 N–H and O–H groups in total. The van der Waals surface area contributed by atoms with Crippen LogP contribution in [0.25, 0.3) is 5.65 Å². The Bertz CT molecular complexity index is 902. The topological polar surface area (TPSA) is 110 Å². The number of nitrogens with one attached hydrogen (secondary N) is 1. The molecule has 0 amide bonds. The molecule has 0 fully saturated rings. The molecule has 0 bridgehead atoms. The number of nitrogens with zero attached hydrogens (tertiary/aromatic N) is 3. The molecule has 0 saturated carbocycles. The Hall–Kier alpha value is -2.68. The highest BCUT2D eigenvalue weighted by atomic mass is 79.9. The third kappa shape index (κ3) is 2.50. The molecule has 8 nitrogen and oxygen atoms in total. The fourth-order valence-corrected chi connectivity index (χ4v) is 2.08. The molecule has 0 unspecified atom stereocenters. The second-order valence-corrected chi connectivity index (χ2v) is 4.95. The van der Waals surface area contributed by atoms with Gasteiger partial charge in [0.1, 0.15) is 17.6 Å². The Morgan fingerprint density at radius 2 is 2.19 bits per heavy atom. The third-order valence-electron chi connectivity index (χ3n) is 2.67. The number of carboxylic acids is 1. The summed E-state index contributed by atoms with van der Waals surface area (Å²) in [6.07, 6.45) is 1.25. The zero-order valence-electron chi connectivity index (χ0n) is 10.3. The molecule has 3 rings (SSSR count). The van der Waals surface area contributed by atoms with Crippen LogP contribution in [-0.2, 0) is 0 Å². The smallest absolute Gasteiger partial charge is 0.348 e. The Labute approximate surface area is 125 Å². The molecule has 3 aromatic rings. The van der Waals surface area contributed by atoms with Gasteiger partial charge in [0.2, 0.25) is 5.88 Å². The maximum absolute atomic E-state index is 11.3. The number of aromatic nitrogens is 4. The van der Waals surface area contributed by atoms with Crippen molar-refractivity contribution in [2.45, 2.75) is 0 Å². The highest BCUT2D eigenvalue weighted by Crippen LogP contribution is 2.27. The fraction of sp³-hybridized carbons (Fsp3) is 0. The van der Waals surface area contributed by atoms with Gasteiger partial charge in [0.25, 0.3) is 0 Å². The Kier molecular flexibility index (Phi) is 3.18. The number of benzene rings is 1. The molecule has 0 aliphatic rings. The van der Waals surface area contributed by atoms with Crippen LogP contribution in [0.1, 0.15) is 10.4 Å². The molecule has 0 aliphatic carbocycles. The number of carbonyl (C=O) groups is 1. The van der Waals surface area contributed by atoms with Gasteiger partial charge in [0, 0.05) is 10.5 Å². The van der Waals surface area contributed by atoms with Gasteiger partial charge in [0.15, 0.2) is 5.65 Å². The highest BCUT2D eigenvalue weighted by Gasteiger charge is 2.14. The maximum atomic E-state index is 11.3. The summed E-state index contributed by atoms with van der Waals surface area (Å²) in [5.74, 6) is -0.852. The number of hydrogen-bond donors (Lipinski definition) is 2. The number of H-pyrrole nitrogens is 1. The van der Waals surface area contributed by atoms with Crippen LogP contribution in [0, 0.1) is 0 Å². The van der Waals surface area contributed by atoms with E-state index < -0.39 is 11.7 Å². The summed E-state index contributed by atoms with van der Waals surface area (Å²) in [4.78, 5) is 26.4. The lowest BCUT2D eigenvalue weighted by Crippen LogP contribution is -2.09. The number of hydrogen-bond acceptors (Lipinski definition) is 5. The number of aromatic amines is 1. The van der Waals surface area contributed by atoms with E-state index in [1.807, 2.05) is 0 Å². The maximum Gasteiger partial charge on any atom is 0.348 e. The first-order valence-corrected chi connectivity index (χ1v) is 6.47. The van der Waals surface area contributed by atoms with Crippen LogP contribution in [0.2, 0.25) is 0 Å². The van der Waals surface area contributed by atoms with E-state index in [1.54, 1.807) is 6.07 Å². The van der Waals surface area contributed by atoms with Crippen molar-refractivity contribution in [1.29, 1.82) is 0 Å². The van der Waals surface area contributed by atoms with Crippen molar-refractivity contribution in [3.05, 3.63) is 51.1 Å². The van der Waals surface area contributed by atoms with E-state index in [9.17, 15) is 9.59 Å². The van der Waals surface area contributed by atoms with Gasteiger partial charge in [0.05, 0.1) is 0 Å². The van der Waals surface area contributed by atoms with Crippen molar-refractivity contribution in [2.24, 2.45) is 0 Å². The van der Waals surface area contributed by atoms with E-state index in [2.05, 4.69) is 31.1 Å². The first kappa shape index (κ1) is 13.3.